The maximum absolute atomic E-state index is 12.6. The minimum atomic E-state index is -0.722. The molecule has 4 heteroatoms. The number of aromatic hydroxyl groups is 1. The summed E-state index contributed by atoms with van der Waals surface area (Å²) in [6, 6.07) is 2.85. The van der Waals surface area contributed by atoms with Crippen LogP contribution >= 0.6 is 15.9 Å². The van der Waals surface area contributed by atoms with Gasteiger partial charge in [0.25, 0.3) is 0 Å². The molecule has 1 aromatic rings. The molecule has 0 bridgehead atoms. The van der Waals surface area contributed by atoms with Crippen molar-refractivity contribution in [2.75, 3.05) is 5.73 Å². The summed E-state index contributed by atoms with van der Waals surface area (Å²) in [6.07, 6.45) is 0. The zero-order valence-electron chi connectivity index (χ0n) is 4.94. The first-order valence-electron chi connectivity index (χ1n) is 2.55. The summed E-state index contributed by atoms with van der Waals surface area (Å²) in [4.78, 5) is 0. The number of nitrogens with two attached hydrogens (primary N) is 1. The summed E-state index contributed by atoms with van der Waals surface area (Å²) < 4.78 is 12.8. The first-order valence-corrected chi connectivity index (χ1v) is 3.34. The molecule has 3 N–H and O–H groups in total. The fourth-order valence-corrected chi connectivity index (χ4v) is 0.875. The zero-order chi connectivity index (χ0) is 7.72. The van der Waals surface area contributed by atoms with Gasteiger partial charge in [0.05, 0.1) is 10.2 Å². The van der Waals surface area contributed by atoms with Crippen molar-refractivity contribution in [3.05, 3.63) is 22.4 Å². The van der Waals surface area contributed by atoms with E-state index >= 15 is 0 Å². The molecule has 0 aliphatic carbocycles. The lowest BCUT2D eigenvalue weighted by Crippen LogP contribution is -1.88. The Bertz CT molecular complexity index is 237. The average molecular weight is 206 g/mol. The van der Waals surface area contributed by atoms with E-state index in [9.17, 15) is 4.39 Å². The van der Waals surface area contributed by atoms with E-state index in [1.807, 2.05) is 0 Å². The van der Waals surface area contributed by atoms with Crippen molar-refractivity contribution < 1.29 is 9.50 Å². The molecule has 54 valence electrons. The highest BCUT2D eigenvalue weighted by Gasteiger charge is 2.06. The molecular weight excluding hydrogens is 201 g/mol. The van der Waals surface area contributed by atoms with Crippen LogP contribution in [0, 0.1) is 5.82 Å². The van der Waals surface area contributed by atoms with Crippen molar-refractivity contribution in [1.29, 1.82) is 0 Å². The van der Waals surface area contributed by atoms with Crippen molar-refractivity contribution in [2.45, 2.75) is 0 Å². The lowest BCUT2D eigenvalue weighted by atomic mass is 10.3. The molecule has 0 amide bonds. The number of phenolic OH excluding ortho intramolecular Hbond substituents is 1. The average Bonchev–Trinajstić information content (AvgIpc) is 1.93. The van der Waals surface area contributed by atoms with E-state index in [4.69, 9.17) is 10.8 Å². The number of nitrogen functional groups attached to an aromatic ring is 1. The standard InChI is InChI=1S/C6H5BrFNO/c7-3-1-2-4(9)6(10)5(3)8/h1-2,10H,9H2. The predicted molar refractivity (Wildman–Crippen MR) is 40.2 cm³/mol. The molecule has 0 saturated heterocycles. The fourth-order valence-electron chi connectivity index (χ4n) is 0.555. The smallest absolute Gasteiger partial charge is 0.181 e. The highest BCUT2D eigenvalue weighted by Crippen LogP contribution is 2.28. The van der Waals surface area contributed by atoms with Gasteiger partial charge in [0.1, 0.15) is 0 Å². The largest absolute Gasteiger partial charge is 0.503 e. The van der Waals surface area contributed by atoms with Crippen LogP contribution < -0.4 is 5.73 Å². The van der Waals surface area contributed by atoms with Crippen LogP contribution in [0.1, 0.15) is 0 Å². The summed E-state index contributed by atoms with van der Waals surface area (Å²) in [5.41, 5.74) is 5.22. The molecule has 0 aromatic heterocycles. The van der Waals surface area contributed by atoms with Gasteiger partial charge in [0.15, 0.2) is 11.6 Å². The molecule has 0 unspecified atom stereocenters. The molecular formula is C6H5BrFNO. The second-order valence-electron chi connectivity index (χ2n) is 1.80. The van der Waals surface area contributed by atoms with Crippen LogP contribution in [0.3, 0.4) is 0 Å². The van der Waals surface area contributed by atoms with Gasteiger partial charge < -0.3 is 10.8 Å². The molecule has 0 saturated carbocycles. The third-order valence-electron chi connectivity index (χ3n) is 1.10. The number of rotatable bonds is 0. The van der Waals surface area contributed by atoms with Gasteiger partial charge in [-0.2, -0.15) is 0 Å². The summed E-state index contributed by atoms with van der Waals surface area (Å²) in [7, 11) is 0. The topological polar surface area (TPSA) is 46.2 Å². The Labute approximate surface area is 65.6 Å². The first kappa shape index (κ1) is 7.34. The summed E-state index contributed by atoms with van der Waals surface area (Å²) in [5, 5.41) is 8.86. The van der Waals surface area contributed by atoms with E-state index in [1.165, 1.54) is 12.1 Å². The molecule has 0 heterocycles. The maximum Gasteiger partial charge on any atom is 0.181 e. The Morgan fingerprint density at radius 2 is 2.10 bits per heavy atom. The Kier molecular flexibility index (Phi) is 1.80. The van der Waals surface area contributed by atoms with Gasteiger partial charge in [0.2, 0.25) is 0 Å². The quantitative estimate of drug-likeness (QED) is 0.502. The molecule has 10 heavy (non-hydrogen) atoms. The molecule has 0 atom stereocenters. The number of phenols is 1. The van der Waals surface area contributed by atoms with Crippen LogP contribution in [0.4, 0.5) is 10.1 Å². The Hall–Kier alpha value is -0.770. The molecule has 0 radical (unpaired) electrons. The van der Waals surface area contributed by atoms with Crippen LogP contribution in [0.5, 0.6) is 5.75 Å². The van der Waals surface area contributed by atoms with E-state index in [-0.39, 0.29) is 10.2 Å². The van der Waals surface area contributed by atoms with E-state index < -0.39 is 11.6 Å². The van der Waals surface area contributed by atoms with Crippen molar-refractivity contribution in [3.8, 4) is 5.75 Å². The van der Waals surface area contributed by atoms with Crippen molar-refractivity contribution in [2.24, 2.45) is 0 Å². The van der Waals surface area contributed by atoms with Gasteiger partial charge in [-0.25, -0.2) is 4.39 Å². The normalized spacial score (nSPS) is 9.80. The molecule has 0 aliphatic rings. The van der Waals surface area contributed by atoms with Gasteiger partial charge in [-0.15, -0.1) is 0 Å². The van der Waals surface area contributed by atoms with Crippen molar-refractivity contribution in [3.63, 3.8) is 0 Å². The number of anilines is 1. The number of halogens is 2. The SMILES string of the molecule is Nc1ccc(Br)c(F)c1O. The minimum absolute atomic E-state index is 0.0423. The highest BCUT2D eigenvalue weighted by molar-refractivity contribution is 9.10. The zero-order valence-corrected chi connectivity index (χ0v) is 6.52. The second-order valence-corrected chi connectivity index (χ2v) is 2.65. The number of hydrogen-bond acceptors (Lipinski definition) is 2. The van der Waals surface area contributed by atoms with Gasteiger partial charge in [-0.05, 0) is 28.1 Å². The van der Waals surface area contributed by atoms with E-state index in [2.05, 4.69) is 15.9 Å². The van der Waals surface area contributed by atoms with E-state index in [1.54, 1.807) is 0 Å². The van der Waals surface area contributed by atoms with Crippen LogP contribution in [0.25, 0.3) is 0 Å². The Morgan fingerprint density at radius 1 is 1.50 bits per heavy atom. The maximum atomic E-state index is 12.6. The summed E-state index contributed by atoms with van der Waals surface area (Å²) in [6.45, 7) is 0. The molecule has 0 fully saturated rings. The molecule has 0 spiro atoms. The predicted octanol–water partition coefficient (Wildman–Crippen LogP) is 1.88. The van der Waals surface area contributed by atoms with Gasteiger partial charge in [0, 0.05) is 0 Å². The number of benzene rings is 1. The lowest BCUT2D eigenvalue weighted by Gasteiger charge is -1.99. The minimum Gasteiger partial charge on any atom is -0.503 e. The van der Waals surface area contributed by atoms with Crippen LogP contribution in [0.15, 0.2) is 16.6 Å². The third-order valence-corrected chi connectivity index (χ3v) is 1.71. The van der Waals surface area contributed by atoms with Crippen LogP contribution in [-0.2, 0) is 0 Å². The lowest BCUT2D eigenvalue weighted by molar-refractivity contribution is 0.433. The molecule has 0 aliphatic heterocycles. The molecule has 1 aromatic carbocycles. The Balaban J connectivity index is 3.34. The van der Waals surface area contributed by atoms with Gasteiger partial charge in [-0.1, -0.05) is 0 Å². The third kappa shape index (κ3) is 1.07. The number of hydrogen-bond donors (Lipinski definition) is 2. The van der Waals surface area contributed by atoms with Crippen molar-refractivity contribution >= 4 is 21.6 Å². The van der Waals surface area contributed by atoms with Crippen LogP contribution in [0.2, 0.25) is 0 Å². The van der Waals surface area contributed by atoms with Crippen LogP contribution in [-0.4, -0.2) is 5.11 Å². The summed E-state index contributed by atoms with van der Waals surface area (Å²) in [5.74, 6) is -1.23. The molecule has 1 rings (SSSR count). The first-order chi connectivity index (χ1) is 4.63. The van der Waals surface area contributed by atoms with Gasteiger partial charge >= 0.3 is 0 Å². The molecule has 2 nitrogen and oxygen atoms in total. The summed E-state index contributed by atoms with van der Waals surface area (Å²) >= 11 is 2.89. The highest BCUT2D eigenvalue weighted by atomic mass is 79.9. The van der Waals surface area contributed by atoms with Gasteiger partial charge in [-0.3, -0.25) is 0 Å². The van der Waals surface area contributed by atoms with Crippen molar-refractivity contribution in [1.82, 2.24) is 0 Å². The Morgan fingerprint density at radius 3 is 2.60 bits per heavy atom. The monoisotopic (exact) mass is 205 g/mol. The fraction of sp³-hybridized carbons (Fsp3) is 0. The van der Waals surface area contributed by atoms with E-state index in [0.29, 0.717) is 0 Å². The second kappa shape index (κ2) is 2.46. The van der Waals surface area contributed by atoms with E-state index in [0.717, 1.165) is 0 Å².